The molecule has 0 unspecified atom stereocenters. The normalized spacial score (nSPS) is 11.0. The lowest BCUT2D eigenvalue weighted by Crippen LogP contribution is -2.44. The van der Waals surface area contributed by atoms with Gasteiger partial charge < -0.3 is 15.6 Å². The van der Waals surface area contributed by atoms with Crippen LogP contribution >= 0.6 is 12.2 Å². The predicted molar refractivity (Wildman–Crippen MR) is 69.0 cm³/mol. The van der Waals surface area contributed by atoms with Crippen molar-refractivity contribution in [2.24, 2.45) is 12.8 Å². The Hall–Kier alpha value is -1.65. The number of thiocarbonyl (C=S) groups is 1. The van der Waals surface area contributed by atoms with E-state index in [1.165, 1.54) is 23.9 Å². The molecule has 0 aliphatic rings. The first kappa shape index (κ1) is 14.4. The molecular formula is C8H13N5O3S2. The highest BCUT2D eigenvalue weighted by molar-refractivity contribution is 7.89. The van der Waals surface area contributed by atoms with E-state index in [1.54, 1.807) is 7.05 Å². The number of sulfonamides is 1. The first-order valence-corrected chi connectivity index (χ1v) is 6.62. The number of hydrazine groups is 1. The van der Waals surface area contributed by atoms with Crippen LogP contribution in [-0.4, -0.2) is 31.1 Å². The summed E-state index contributed by atoms with van der Waals surface area (Å²) in [5.74, 6) is -0.388. The Balaban J connectivity index is 3.04. The molecule has 0 atom stereocenters. The zero-order valence-corrected chi connectivity index (χ0v) is 11.4. The van der Waals surface area contributed by atoms with Crippen molar-refractivity contribution in [3.05, 3.63) is 18.0 Å². The Morgan fingerprint density at radius 1 is 1.50 bits per heavy atom. The summed E-state index contributed by atoms with van der Waals surface area (Å²) in [4.78, 5) is 13.3. The second-order valence-corrected chi connectivity index (χ2v) is 5.47. The predicted octanol–water partition coefficient (Wildman–Crippen LogP) is -1.59. The standard InChI is InChI=1S/C8H13N5O3S2/c1-10-7(14)6-3-5(4-13(6)2)18(15,16)12-11-8(9)17/h3-4,12H,1-2H3,(H,10,14)(H3,9,11,17). The molecule has 0 aliphatic carbocycles. The molecule has 0 saturated heterocycles. The van der Waals surface area contributed by atoms with Gasteiger partial charge in [-0.1, -0.05) is 0 Å². The molecular weight excluding hydrogens is 278 g/mol. The second kappa shape index (κ2) is 5.33. The zero-order chi connectivity index (χ0) is 13.9. The largest absolute Gasteiger partial charge is 0.375 e. The van der Waals surface area contributed by atoms with Crippen LogP contribution in [0.5, 0.6) is 0 Å². The third-order valence-corrected chi connectivity index (χ3v) is 3.38. The monoisotopic (exact) mass is 291 g/mol. The van der Waals surface area contributed by atoms with E-state index in [0.29, 0.717) is 0 Å². The van der Waals surface area contributed by atoms with Crippen molar-refractivity contribution in [1.29, 1.82) is 0 Å². The first-order chi connectivity index (χ1) is 8.27. The summed E-state index contributed by atoms with van der Waals surface area (Å²) < 4.78 is 25.0. The lowest BCUT2D eigenvalue weighted by atomic mass is 10.4. The molecule has 0 aliphatic heterocycles. The van der Waals surface area contributed by atoms with E-state index in [4.69, 9.17) is 5.73 Å². The van der Waals surface area contributed by atoms with Gasteiger partial charge in [0.15, 0.2) is 5.11 Å². The molecule has 100 valence electrons. The van der Waals surface area contributed by atoms with Crippen molar-refractivity contribution in [3.8, 4) is 0 Å². The number of carbonyl (C=O) groups is 1. The molecule has 0 spiro atoms. The van der Waals surface area contributed by atoms with E-state index in [0.717, 1.165) is 0 Å². The quantitative estimate of drug-likeness (QED) is 0.392. The molecule has 8 nitrogen and oxygen atoms in total. The molecule has 1 rings (SSSR count). The van der Waals surface area contributed by atoms with Gasteiger partial charge in [0, 0.05) is 20.3 Å². The lowest BCUT2D eigenvalue weighted by molar-refractivity contribution is 0.0955. The van der Waals surface area contributed by atoms with Crippen molar-refractivity contribution in [1.82, 2.24) is 20.1 Å². The smallest absolute Gasteiger partial charge is 0.267 e. The number of carbonyl (C=O) groups excluding carboxylic acids is 1. The van der Waals surface area contributed by atoms with Crippen molar-refractivity contribution < 1.29 is 13.2 Å². The van der Waals surface area contributed by atoms with Gasteiger partial charge in [-0.2, -0.15) is 0 Å². The summed E-state index contributed by atoms with van der Waals surface area (Å²) in [5, 5.41) is 2.20. The maximum Gasteiger partial charge on any atom is 0.267 e. The number of hydrogen-bond donors (Lipinski definition) is 4. The van der Waals surface area contributed by atoms with Gasteiger partial charge in [-0.3, -0.25) is 10.2 Å². The lowest BCUT2D eigenvalue weighted by Gasteiger charge is -2.05. The second-order valence-electron chi connectivity index (χ2n) is 3.35. The molecule has 0 bridgehead atoms. The minimum Gasteiger partial charge on any atom is -0.375 e. The molecule has 0 radical (unpaired) electrons. The molecule has 1 heterocycles. The average Bonchev–Trinajstić information content (AvgIpc) is 2.68. The molecule has 1 aromatic rings. The number of nitrogens with one attached hydrogen (secondary N) is 3. The van der Waals surface area contributed by atoms with Crippen LogP contribution in [0.25, 0.3) is 0 Å². The van der Waals surface area contributed by atoms with E-state index in [2.05, 4.69) is 23.0 Å². The Kier molecular flexibility index (Phi) is 4.27. The molecule has 0 fully saturated rings. The first-order valence-electron chi connectivity index (χ1n) is 4.73. The fourth-order valence-corrected chi connectivity index (χ4v) is 2.25. The van der Waals surface area contributed by atoms with Crippen LogP contribution in [0, 0.1) is 0 Å². The number of amides is 1. The Labute approximate surface area is 110 Å². The molecule has 1 amide bonds. The minimum atomic E-state index is -3.83. The third-order valence-electron chi connectivity index (χ3n) is 2.06. The molecule has 0 saturated carbocycles. The number of nitrogens with two attached hydrogens (primary N) is 1. The van der Waals surface area contributed by atoms with Crippen molar-refractivity contribution in [2.75, 3.05) is 7.05 Å². The highest BCUT2D eigenvalue weighted by Crippen LogP contribution is 2.12. The Morgan fingerprint density at radius 3 is 2.61 bits per heavy atom. The highest BCUT2D eigenvalue weighted by Gasteiger charge is 2.19. The SMILES string of the molecule is CNC(=O)c1cc(S(=O)(=O)NNC(N)=S)cn1C. The zero-order valence-electron chi connectivity index (χ0n) is 9.72. The Bertz CT molecular complexity index is 578. The van der Waals surface area contributed by atoms with Crippen LogP contribution in [0.3, 0.4) is 0 Å². The van der Waals surface area contributed by atoms with Crippen LogP contribution in [0.15, 0.2) is 17.2 Å². The summed E-state index contributed by atoms with van der Waals surface area (Å²) in [7, 11) is -0.814. The van der Waals surface area contributed by atoms with Crippen molar-refractivity contribution >= 4 is 33.3 Å². The van der Waals surface area contributed by atoms with Crippen LogP contribution in [0.1, 0.15) is 10.5 Å². The summed E-state index contributed by atoms with van der Waals surface area (Å²) in [5.41, 5.74) is 7.44. The van der Waals surface area contributed by atoms with Gasteiger partial charge in [0.2, 0.25) is 0 Å². The molecule has 5 N–H and O–H groups in total. The summed E-state index contributed by atoms with van der Waals surface area (Å²) in [6.07, 6.45) is 1.30. The minimum absolute atomic E-state index is 0.0765. The van der Waals surface area contributed by atoms with Crippen molar-refractivity contribution in [3.63, 3.8) is 0 Å². The topological polar surface area (TPSA) is 118 Å². The van der Waals surface area contributed by atoms with Gasteiger partial charge in [-0.05, 0) is 18.3 Å². The summed E-state index contributed by atoms with van der Waals surface area (Å²) in [6.45, 7) is 0. The highest BCUT2D eigenvalue weighted by atomic mass is 32.2. The van der Waals surface area contributed by atoms with Gasteiger partial charge in [-0.15, -0.1) is 4.83 Å². The maximum absolute atomic E-state index is 11.8. The number of rotatable bonds is 4. The number of aromatic nitrogens is 1. The van der Waals surface area contributed by atoms with E-state index in [1.807, 2.05) is 4.83 Å². The summed E-state index contributed by atoms with van der Waals surface area (Å²) >= 11 is 4.48. The summed E-state index contributed by atoms with van der Waals surface area (Å²) in [6, 6.07) is 1.24. The molecule has 18 heavy (non-hydrogen) atoms. The van der Waals surface area contributed by atoms with Gasteiger partial charge >= 0.3 is 0 Å². The molecule has 0 aromatic carbocycles. The van der Waals surface area contributed by atoms with Gasteiger partial charge in [0.1, 0.15) is 10.6 Å². The van der Waals surface area contributed by atoms with Crippen LogP contribution < -0.4 is 21.3 Å². The fraction of sp³-hybridized carbons (Fsp3) is 0.250. The van der Waals surface area contributed by atoms with Gasteiger partial charge in [0.25, 0.3) is 15.9 Å². The van der Waals surface area contributed by atoms with Crippen LogP contribution in [-0.2, 0) is 17.1 Å². The van der Waals surface area contributed by atoms with Gasteiger partial charge in [0.05, 0.1) is 0 Å². The van der Waals surface area contributed by atoms with E-state index < -0.39 is 10.0 Å². The van der Waals surface area contributed by atoms with E-state index >= 15 is 0 Å². The van der Waals surface area contributed by atoms with E-state index in [-0.39, 0.29) is 21.6 Å². The van der Waals surface area contributed by atoms with E-state index in [9.17, 15) is 13.2 Å². The number of aryl methyl sites for hydroxylation is 1. The average molecular weight is 291 g/mol. The Morgan fingerprint density at radius 2 is 2.11 bits per heavy atom. The number of nitrogens with zero attached hydrogens (tertiary/aromatic N) is 1. The maximum atomic E-state index is 11.8. The van der Waals surface area contributed by atoms with Crippen LogP contribution in [0.2, 0.25) is 0 Å². The fourth-order valence-electron chi connectivity index (χ4n) is 1.21. The molecule has 1 aromatic heterocycles. The van der Waals surface area contributed by atoms with Gasteiger partial charge in [-0.25, -0.2) is 8.42 Å². The molecule has 10 heteroatoms. The van der Waals surface area contributed by atoms with Crippen molar-refractivity contribution in [2.45, 2.75) is 4.90 Å². The third kappa shape index (κ3) is 3.18. The van der Waals surface area contributed by atoms with Crippen LogP contribution in [0.4, 0.5) is 0 Å². The number of hydrogen-bond acceptors (Lipinski definition) is 4.